The van der Waals surface area contributed by atoms with E-state index in [4.69, 9.17) is 17.3 Å². The maximum absolute atomic E-state index is 13.2. The van der Waals surface area contributed by atoms with E-state index < -0.39 is 5.82 Å². The van der Waals surface area contributed by atoms with Crippen molar-refractivity contribution in [3.8, 4) is 0 Å². The number of benzene rings is 1. The fraction of sp³-hybridized carbons (Fsp3) is 0.214. The van der Waals surface area contributed by atoms with Gasteiger partial charge in [0.1, 0.15) is 5.82 Å². The van der Waals surface area contributed by atoms with Crippen LogP contribution in [0.4, 0.5) is 10.1 Å². The summed E-state index contributed by atoms with van der Waals surface area (Å²) < 4.78 is 13.2. The number of nitrogens with zero attached hydrogens (tertiary/aromatic N) is 1. The zero-order valence-electron chi connectivity index (χ0n) is 10.5. The molecule has 2 rings (SSSR count). The number of nitrogens with two attached hydrogens (primary N) is 1. The first-order valence-electron chi connectivity index (χ1n) is 6.01. The molecule has 0 aliphatic heterocycles. The van der Waals surface area contributed by atoms with Crippen LogP contribution in [0.1, 0.15) is 24.1 Å². The molecule has 1 aromatic carbocycles. The van der Waals surface area contributed by atoms with Crippen molar-refractivity contribution in [2.45, 2.75) is 13.0 Å². The summed E-state index contributed by atoms with van der Waals surface area (Å²) in [5, 5.41) is 3.40. The van der Waals surface area contributed by atoms with Gasteiger partial charge in [0.25, 0.3) is 0 Å². The predicted molar refractivity (Wildman–Crippen MR) is 75.6 cm³/mol. The minimum atomic E-state index is -0.431. The van der Waals surface area contributed by atoms with E-state index in [9.17, 15) is 4.39 Å². The molecule has 0 bridgehead atoms. The topological polar surface area (TPSA) is 50.9 Å². The van der Waals surface area contributed by atoms with Crippen molar-refractivity contribution in [3.63, 3.8) is 0 Å². The molecule has 100 valence electrons. The highest BCUT2D eigenvalue weighted by molar-refractivity contribution is 6.30. The van der Waals surface area contributed by atoms with E-state index in [1.165, 1.54) is 6.07 Å². The van der Waals surface area contributed by atoms with Gasteiger partial charge >= 0.3 is 0 Å². The molecular formula is C14H15ClFN3. The molecule has 0 radical (unpaired) electrons. The Hall–Kier alpha value is -1.65. The third kappa shape index (κ3) is 3.03. The van der Waals surface area contributed by atoms with Crippen LogP contribution in [0.5, 0.6) is 0 Å². The molecule has 1 heterocycles. The first-order chi connectivity index (χ1) is 9.13. The van der Waals surface area contributed by atoms with Crippen LogP contribution in [0.15, 0.2) is 36.7 Å². The van der Waals surface area contributed by atoms with Gasteiger partial charge in [0, 0.05) is 23.6 Å². The van der Waals surface area contributed by atoms with E-state index >= 15 is 0 Å². The molecule has 0 spiro atoms. The highest BCUT2D eigenvalue weighted by atomic mass is 35.5. The SMILES string of the molecule is CCNC(c1ccc(F)c(Cl)c1)c1cnccc1N. The Bertz CT molecular complexity index is 574. The number of halogens is 2. The predicted octanol–water partition coefficient (Wildman–Crippen LogP) is 3.16. The fourth-order valence-electron chi connectivity index (χ4n) is 1.96. The standard InChI is InChI=1S/C14H15ClFN3/c1-2-19-14(10-8-18-6-5-13(10)17)9-3-4-12(16)11(15)7-9/h3-8,14,19H,2H2,1H3,(H2,17,18). The van der Waals surface area contributed by atoms with E-state index in [1.54, 1.807) is 30.6 Å². The third-order valence-corrected chi connectivity index (χ3v) is 3.17. The molecule has 0 aliphatic carbocycles. The number of nitrogen functional groups attached to an aromatic ring is 1. The lowest BCUT2D eigenvalue weighted by Gasteiger charge is -2.20. The smallest absolute Gasteiger partial charge is 0.141 e. The number of nitrogens with one attached hydrogen (secondary N) is 1. The average molecular weight is 280 g/mol. The second-order valence-corrected chi connectivity index (χ2v) is 4.58. The third-order valence-electron chi connectivity index (χ3n) is 2.88. The van der Waals surface area contributed by atoms with E-state index in [-0.39, 0.29) is 11.1 Å². The zero-order valence-corrected chi connectivity index (χ0v) is 11.3. The highest BCUT2D eigenvalue weighted by Crippen LogP contribution is 2.28. The first-order valence-corrected chi connectivity index (χ1v) is 6.39. The number of hydrogen-bond donors (Lipinski definition) is 2. The summed E-state index contributed by atoms with van der Waals surface area (Å²) in [7, 11) is 0. The van der Waals surface area contributed by atoms with Crippen LogP contribution >= 0.6 is 11.6 Å². The van der Waals surface area contributed by atoms with E-state index in [1.807, 2.05) is 6.92 Å². The van der Waals surface area contributed by atoms with Gasteiger partial charge in [-0.25, -0.2) is 4.39 Å². The summed E-state index contributed by atoms with van der Waals surface area (Å²) >= 11 is 5.84. The Labute approximate surface area is 116 Å². The van der Waals surface area contributed by atoms with Crippen LogP contribution in [0.3, 0.4) is 0 Å². The van der Waals surface area contributed by atoms with Crippen LogP contribution in [-0.4, -0.2) is 11.5 Å². The van der Waals surface area contributed by atoms with Crippen molar-refractivity contribution < 1.29 is 4.39 Å². The van der Waals surface area contributed by atoms with Gasteiger partial charge in [-0.15, -0.1) is 0 Å². The minimum absolute atomic E-state index is 0.0999. The Balaban J connectivity index is 2.45. The van der Waals surface area contributed by atoms with Gasteiger partial charge in [0.15, 0.2) is 0 Å². The number of anilines is 1. The molecule has 3 N–H and O–H groups in total. The Morgan fingerprint density at radius 3 is 2.84 bits per heavy atom. The lowest BCUT2D eigenvalue weighted by Crippen LogP contribution is -2.23. The van der Waals surface area contributed by atoms with Crippen LogP contribution < -0.4 is 11.1 Å². The molecule has 5 heteroatoms. The molecule has 0 amide bonds. The molecule has 0 saturated carbocycles. The van der Waals surface area contributed by atoms with Gasteiger partial charge in [0.05, 0.1) is 11.1 Å². The molecular weight excluding hydrogens is 265 g/mol. The lowest BCUT2D eigenvalue weighted by molar-refractivity contribution is 0.614. The van der Waals surface area contributed by atoms with Crippen LogP contribution in [0, 0.1) is 5.82 Å². The normalized spacial score (nSPS) is 12.4. The first kappa shape index (κ1) is 13.8. The van der Waals surface area contributed by atoms with Crippen molar-refractivity contribution in [1.29, 1.82) is 0 Å². The van der Waals surface area contributed by atoms with Crippen LogP contribution in [0.25, 0.3) is 0 Å². The highest BCUT2D eigenvalue weighted by Gasteiger charge is 2.17. The maximum atomic E-state index is 13.2. The minimum Gasteiger partial charge on any atom is -0.398 e. The lowest BCUT2D eigenvalue weighted by atomic mass is 9.99. The molecule has 0 aliphatic rings. The number of aromatic nitrogens is 1. The summed E-state index contributed by atoms with van der Waals surface area (Å²) in [5.41, 5.74) is 8.32. The van der Waals surface area contributed by atoms with Gasteiger partial charge in [-0.2, -0.15) is 0 Å². The second kappa shape index (κ2) is 5.99. The molecule has 3 nitrogen and oxygen atoms in total. The van der Waals surface area contributed by atoms with Gasteiger partial charge in [-0.1, -0.05) is 24.6 Å². The molecule has 1 unspecified atom stereocenters. The Morgan fingerprint density at radius 2 is 2.21 bits per heavy atom. The van der Waals surface area contributed by atoms with E-state index in [2.05, 4.69) is 10.3 Å². The van der Waals surface area contributed by atoms with E-state index in [0.717, 1.165) is 17.7 Å². The maximum Gasteiger partial charge on any atom is 0.141 e. The summed E-state index contributed by atoms with van der Waals surface area (Å²) in [6.07, 6.45) is 3.35. The molecule has 0 fully saturated rings. The van der Waals surface area contributed by atoms with Crippen LogP contribution in [-0.2, 0) is 0 Å². The molecule has 1 atom stereocenters. The monoisotopic (exact) mass is 279 g/mol. The molecule has 0 saturated heterocycles. The number of pyridine rings is 1. The average Bonchev–Trinajstić information content (AvgIpc) is 2.40. The molecule has 19 heavy (non-hydrogen) atoms. The van der Waals surface area contributed by atoms with Crippen molar-refractivity contribution in [3.05, 3.63) is 58.6 Å². The zero-order chi connectivity index (χ0) is 13.8. The Morgan fingerprint density at radius 1 is 1.42 bits per heavy atom. The van der Waals surface area contributed by atoms with Gasteiger partial charge in [-0.05, 0) is 30.3 Å². The van der Waals surface area contributed by atoms with Crippen molar-refractivity contribution >= 4 is 17.3 Å². The molecule has 1 aromatic heterocycles. The number of rotatable bonds is 4. The van der Waals surface area contributed by atoms with Crippen molar-refractivity contribution in [2.75, 3.05) is 12.3 Å². The van der Waals surface area contributed by atoms with Gasteiger partial charge in [-0.3, -0.25) is 4.98 Å². The number of hydrogen-bond acceptors (Lipinski definition) is 3. The quantitative estimate of drug-likeness (QED) is 0.904. The van der Waals surface area contributed by atoms with Crippen LogP contribution in [0.2, 0.25) is 5.02 Å². The van der Waals surface area contributed by atoms with Gasteiger partial charge < -0.3 is 11.1 Å². The molecule has 2 aromatic rings. The summed E-state index contributed by atoms with van der Waals surface area (Å²) in [6, 6.07) is 6.24. The fourth-order valence-corrected chi connectivity index (χ4v) is 2.15. The summed E-state index contributed by atoms with van der Waals surface area (Å²) in [6.45, 7) is 2.73. The summed E-state index contributed by atoms with van der Waals surface area (Å²) in [4.78, 5) is 4.09. The van der Waals surface area contributed by atoms with E-state index in [0.29, 0.717) is 5.69 Å². The Kier molecular flexibility index (Phi) is 4.35. The van der Waals surface area contributed by atoms with Gasteiger partial charge in [0.2, 0.25) is 0 Å². The summed E-state index contributed by atoms with van der Waals surface area (Å²) in [5.74, 6) is -0.431. The largest absolute Gasteiger partial charge is 0.398 e. The van der Waals surface area contributed by atoms with Crippen molar-refractivity contribution in [2.24, 2.45) is 0 Å². The second-order valence-electron chi connectivity index (χ2n) is 4.17. The van der Waals surface area contributed by atoms with Crippen molar-refractivity contribution in [1.82, 2.24) is 10.3 Å².